The fraction of sp³-hybridized carbons (Fsp3) is 0.222. The molecule has 0 saturated heterocycles. The summed E-state index contributed by atoms with van der Waals surface area (Å²) >= 11 is 3.23. The Bertz CT molecular complexity index is 819. The van der Waals surface area contributed by atoms with Crippen molar-refractivity contribution in [3.05, 3.63) is 57.8 Å². The highest BCUT2D eigenvalue weighted by Crippen LogP contribution is 2.31. The Kier molecular flexibility index (Phi) is 4.66. The second-order valence-electron chi connectivity index (χ2n) is 5.87. The molecule has 6 heteroatoms. The Morgan fingerprint density at radius 3 is 2.58 bits per heavy atom. The molecule has 1 aliphatic rings. The summed E-state index contributed by atoms with van der Waals surface area (Å²) < 4.78 is 14.5. The molecular formula is C18H16BrFN2O2. The molecule has 0 bridgehead atoms. The smallest absolute Gasteiger partial charge is 0.258 e. The first-order valence-corrected chi connectivity index (χ1v) is 8.41. The highest BCUT2D eigenvalue weighted by molar-refractivity contribution is 9.10. The number of aryl methyl sites for hydroxylation is 1. The van der Waals surface area contributed by atoms with Crippen LogP contribution in [-0.4, -0.2) is 11.8 Å². The third-order valence-electron chi connectivity index (χ3n) is 3.87. The van der Waals surface area contributed by atoms with Crippen LogP contribution in [-0.2, 0) is 4.79 Å². The van der Waals surface area contributed by atoms with Crippen LogP contribution in [0.15, 0.2) is 40.9 Å². The molecule has 24 heavy (non-hydrogen) atoms. The molecule has 1 aliphatic carbocycles. The summed E-state index contributed by atoms with van der Waals surface area (Å²) in [5.74, 6) is -1.04. The molecule has 2 aromatic rings. The SMILES string of the molecule is Cc1ccc(NC(=O)C2CC2)cc1NC(=O)c1cc(Br)ccc1F. The minimum absolute atomic E-state index is 0.00540. The summed E-state index contributed by atoms with van der Waals surface area (Å²) in [7, 11) is 0. The molecule has 4 nitrogen and oxygen atoms in total. The van der Waals surface area contributed by atoms with E-state index < -0.39 is 11.7 Å². The highest BCUT2D eigenvalue weighted by Gasteiger charge is 2.29. The molecule has 0 aliphatic heterocycles. The number of halogens is 2. The number of amides is 2. The van der Waals surface area contributed by atoms with Crippen LogP contribution in [0.25, 0.3) is 0 Å². The first-order valence-electron chi connectivity index (χ1n) is 7.62. The van der Waals surface area contributed by atoms with E-state index in [1.165, 1.54) is 18.2 Å². The average molecular weight is 391 g/mol. The monoisotopic (exact) mass is 390 g/mol. The van der Waals surface area contributed by atoms with E-state index in [0.29, 0.717) is 15.8 Å². The van der Waals surface area contributed by atoms with Crippen LogP contribution in [0.4, 0.5) is 15.8 Å². The summed E-state index contributed by atoms with van der Waals surface area (Å²) in [4.78, 5) is 24.2. The van der Waals surface area contributed by atoms with Crippen molar-refractivity contribution in [1.82, 2.24) is 0 Å². The van der Waals surface area contributed by atoms with Crippen LogP contribution in [0, 0.1) is 18.7 Å². The van der Waals surface area contributed by atoms with E-state index in [1.807, 2.05) is 6.92 Å². The molecule has 0 aromatic heterocycles. The van der Waals surface area contributed by atoms with E-state index in [2.05, 4.69) is 26.6 Å². The van der Waals surface area contributed by atoms with Gasteiger partial charge in [0.2, 0.25) is 5.91 Å². The van der Waals surface area contributed by atoms with Gasteiger partial charge in [0.1, 0.15) is 5.82 Å². The van der Waals surface area contributed by atoms with Crippen LogP contribution < -0.4 is 10.6 Å². The number of hydrogen-bond donors (Lipinski definition) is 2. The molecule has 0 atom stereocenters. The lowest BCUT2D eigenvalue weighted by Crippen LogP contribution is -2.16. The zero-order valence-electron chi connectivity index (χ0n) is 13.0. The van der Waals surface area contributed by atoms with Gasteiger partial charge in [0.05, 0.1) is 5.56 Å². The largest absolute Gasteiger partial charge is 0.326 e. The molecule has 0 unspecified atom stereocenters. The molecule has 2 N–H and O–H groups in total. The summed E-state index contributed by atoms with van der Waals surface area (Å²) in [6, 6.07) is 9.46. The number of benzene rings is 2. The number of anilines is 2. The molecule has 1 fully saturated rings. The highest BCUT2D eigenvalue weighted by atomic mass is 79.9. The fourth-order valence-corrected chi connectivity index (χ4v) is 2.65. The van der Waals surface area contributed by atoms with Gasteiger partial charge in [-0.05, 0) is 55.7 Å². The maximum absolute atomic E-state index is 13.8. The van der Waals surface area contributed by atoms with Gasteiger partial charge in [-0.15, -0.1) is 0 Å². The number of carbonyl (C=O) groups is 2. The van der Waals surface area contributed by atoms with E-state index in [1.54, 1.807) is 18.2 Å². The van der Waals surface area contributed by atoms with Crippen molar-refractivity contribution in [1.29, 1.82) is 0 Å². The standard InChI is InChI=1S/C18H16BrFN2O2/c1-10-2-6-13(21-17(23)11-3-4-11)9-16(10)22-18(24)14-8-12(19)5-7-15(14)20/h2,5-9,11H,3-4H2,1H3,(H,21,23)(H,22,24). The normalized spacial score (nSPS) is 13.5. The Morgan fingerprint density at radius 1 is 1.12 bits per heavy atom. The van der Waals surface area contributed by atoms with Crippen molar-refractivity contribution in [3.63, 3.8) is 0 Å². The molecule has 1 saturated carbocycles. The second kappa shape index (κ2) is 6.73. The number of carbonyl (C=O) groups excluding carboxylic acids is 2. The van der Waals surface area contributed by atoms with Crippen molar-refractivity contribution >= 4 is 39.1 Å². The van der Waals surface area contributed by atoms with Crippen LogP contribution in [0.2, 0.25) is 0 Å². The molecule has 0 radical (unpaired) electrons. The lowest BCUT2D eigenvalue weighted by atomic mass is 10.1. The zero-order valence-corrected chi connectivity index (χ0v) is 14.6. The van der Waals surface area contributed by atoms with Crippen molar-refractivity contribution in [3.8, 4) is 0 Å². The lowest BCUT2D eigenvalue weighted by Gasteiger charge is -2.12. The maximum atomic E-state index is 13.8. The van der Waals surface area contributed by atoms with E-state index in [0.717, 1.165) is 18.4 Å². The number of hydrogen-bond acceptors (Lipinski definition) is 2. The van der Waals surface area contributed by atoms with Gasteiger partial charge in [-0.2, -0.15) is 0 Å². The van der Waals surface area contributed by atoms with Gasteiger partial charge in [-0.3, -0.25) is 9.59 Å². The van der Waals surface area contributed by atoms with Crippen molar-refractivity contribution in [2.75, 3.05) is 10.6 Å². The molecular weight excluding hydrogens is 375 g/mol. The third kappa shape index (κ3) is 3.82. The Balaban J connectivity index is 1.79. The molecule has 2 aromatic carbocycles. The predicted molar refractivity (Wildman–Crippen MR) is 94.6 cm³/mol. The Hall–Kier alpha value is -2.21. The quantitative estimate of drug-likeness (QED) is 0.807. The van der Waals surface area contributed by atoms with Crippen molar-refractivity contribution in [2.24, 2.45) is 5.92 Å². The van der Waals surface area contributed by atoms with E-state index in [4.69, 9.17) is 0 Å². The van der Waals surface area contributed by atoms with Crippen LogP contribution >= 0.6 is 15.9 Å². The first-order chi connectivity index (χ1) is 11.4. The predicted octanol–water partition coefficient (Wildman–Crippen LogP) is 4.50. The molecule has 0 spiro atoms. The molecule has 124 valence electrons. The van der Waals surface area contributed by atoms with E-state index >= 15 is 0 Å². The third-order valence-corrected chi connectivity index (χ3v) is 4.37. The van der Waals surface area contributed by atoms with Gasteiger partial charge in [-0.25, -0.2) is 4.39 Å². The Labute approximate surface area is 147 Å². The fourth-order valence-electron chi connectivity index (χ4n) is 2.29. The van der Waals surface area contributed by atoms with Crippen molar-refractivity contribution in [2.45, 2.75) is 19.8 Å². The lowest BCUT2D eigenvalue weighted by molar-refractivity contribution is -0.117. The molecule has 3 rings (SSSR count). The van der Waals surface area contributed by atoms with Crippen molar-refractivity contribution < 1.29 is 14.0 Å². The van der Waals surface area contributed by atoms with Crippen LogP contribution in [0.5, 0.6) is 0 Å². The second-order valence-corrected chi connectivity index (χ2v) is 6.79. The number of nitrogens with one attached hydrogen (secondary N) is 2. The average Bonchev–Trinajstić information content (AvgIpc) is 3.37. The summed E-state index contributed by atoms with van der Waals surface area (Å²) in [6.45, 7) is 1.83. The van der Waals surface area contributed by atoms with Gasteiger partial charge in [-0.1, -0.05) is 22.0 Å². The molecule has 2 amide bonds. The molecule has 0 heterocycles. The van der Waals surface area contributed by atoms with Gasteiger partial charge < -0.3 is 10.6 Å². The summed E-state index contributed by atoms with van der Waals surface area (Å²) in [5.41, 5.74) is 1.93. The van der Waals surface area contributed by atoms with Gasteiger partial charge in [0.15, 0.2) is 0 Å². The minimum atomic E-state index is -0.591. The maximum Gasteiger partial charge on any atom is 0.258 e. The zero-order chi connectivity index (χ0) is 17.3. The summed E-state index contributed by atoms with van der Waals surface area (Å²) in [6.07, 6.45) is 1.84. The van der Waals surface area contributed by atoms with Crippen LogP contribution in [0.1, 0.15) is 28.8 Å². The number of rotatable bonds is 4. The van der Waals surface area contributed by atoms with E-state index in [9.17, 15) is 14.0 Å². The Morgan fingerprint density at radius 2 is 1.88 bits per heavy atom. The topological polar surface area (TPSA) is 58.2 Å². The van der Waals surface area contributed by atoms with E-state index in [-0.39, 0.29) is 17.4 Å². The minimum Gasteiger partial charge on any atom is -0.326 e. The van der Waals surface area contributed by atoms with Gasteiger partial charge >= 0.3 is 0 Å². The summed E-state index contributed by atoms with van der Waals surface area (Å²) in [5, 5.41) is 5.54. The van der Waals surface area contributed by atoms with Gasteiger partial charge in [0, 0.05) is 21.8 Å². The van der Waals surface area contributed by atoms with Gasteiger partial charge in [0.25, 0.3) is 5.91 Å². The first kappa shape index (κ1) is 16.6. The van der Waals surface area contributed by atoms with Crippen LogP contribution in [0.3, 0.4) is 0 Å².